The molecule has 14 nitrogen and oxygen atoms in total. The predicted octanol–water partition coefficient (Wildman–Crippen LogP) is 4.81. The van der Waals surface area contributed by atoms with Crippen LogP contribution in [0.2, 0.25) is 0 Å². The zero-order chi connectivity index (χ0) is 41.1. The highest BCUT2D eigenvalue weighted by Crippen LogP contribution is 2.52. The monoisotopic (exact) mass is 809 g/mol. The molecule has 0 saturated heterocycles. The van der Waals surface area contributed by atoms with Gasteiger partial charge >= 0.3 is 11.9 Å². The van der Waals surface area contributed by atoms with E-state index in [4.69, 9.17) is 28.4 Å². The number of phenolic OH excluding ortho intramolecular Hbond substituents is 2. The zero-order valence-electron chi connectivity index (χ0n) is 34.0. The molecule has 2 unspecified atom stereocenters. The van der Waals surface area contributed by atoms with Crippen LogP contribution in [0.4, 0.5) is 0 Å². The lowest BCUT2D eigenvalue weighted by Gasteiger charge is -2.44. The third-order valence-electron chi connectivity index (χ3n) is 11.4. The zero-order valence-corrected chi connectivity index (χ0v) is 34.8. The fourth-order valence-electron chi connectivity index (χ4n) is 8.98. The number of methoxy groups -OCH3 is 2. The van der Waals surface area contributed by atoms with Gasteiger partial charge in [-0.1, -0.05) is 6.07 Å². The lowest BCUT2D eigenvalue weighted by molar-refractivity contribution is -0.153. The highest BCUT2D eigenvalue weighted by atomic mass is 32.2. The van der Waals surface area contributed by atoms with E-state index in [1.165, 1.54) is 14.0 Å². The number of aliphatic hydroxyl groups is 1. The molecule has 0 spiro atoms. The molecule has 3 aromatic rings. The number of hydrogen-bond acceptors (Lipinski definition) is 15. The Balaban J connectivity index is 1.51. The van der Waals surface area contributed by atoms with Crippen LogP contribution >= 0.6 is 11.8 Å². The van der Waals surface area contributed by atoms with Gasteiger partial charge in [-0.15, -0.1) is 0 Å². The molecule has 4 atom stereocenters. The first-order valence-electron chi connectivity index (χ1n) is 19.2. The number of thioether (sulfide) groups is 1. The number of ether oxygens (including phenoxy) is 6. The van der Waals surface area contributed by atoms with Crippen LogP contribution in [0, 0.1) is 20.8 Å². The van der Waals surface area contributed by atoms with Crippen molar-refractivity contribution in [3.63, 3.8) is 0 Å². The summed E-state index contributed by atoms with van der Waals surface area (Å²) in [4.78, 5) is 31.3. The molecule has 15 heteroatoms. The largest absolute Gasteiger partial charge is 0.504 e. The maximum atomic E-state index is 14.6. The van der Waals surface area contributed by atoms with Crippen molar-refractivity contribution < 1.29 is 53.3 Å². The van der Waals surface area contributed by atoms with Crippen molar-refractivity contribution in [1.82, 2.24) is 15.1 Å². The maximum Gasteiger partial charge on any atom is 0.328 e. The van der Waals surface area contributed by atoms with Crippen molar-refractivity contribution in [2.24, 2.45) is 0 Å². The first kappa shape index (κ1) is 42.2. The smallest absolute Gasteiger partial charge is 0.328 e. The van der Waals surface area contributed by atoms with Gasteiger partial charge in [0.25, 0.3) is 0 Å². The molecule has 6 rings (SSSR count). The van der Waals surface area contributed by atoms with Crippen LogP contribution in [0.1, 0.15) is 76.0 Å². The maximum absolute atomic E-state index is 14.6. The Kier molecular flexibility index (Phi) is 13.3. The number of phenols is 2. The van der Waals surface area contributed by atoms with Gasteiger partial charge in [0, 0.05) is 54.1 Å². The topological polar surface area (TPSA) is 169 Å². The second-order valence-electron chi connectivity index (χ2n) is 14.7. The number of esters is 2. The number of benzene rings is 3. The quantitative estimate of drug-likeness (QED) is 0.137. The fraction of sp³-hybridized carbons (Fsp3) is 0.524. The van der Waals surface area contributed by atoms with E-state index in [1.54, 1.807) is 31.0 Å². The number of fused-ring (bicyclic) bond motifs is 3. The molecule has 0 amide bonds. The highest BCUT2D eigenvalue weighted by Gasteiger charge is 2.43. The first-order valence-corrected chi connectivity index (χ1v) is 20.6. The minimum Gasteiger partial charge on any atom is -0.504 e. The van der Waals surface area contributed by atoms with E-state index in [1.807, 2.05) is 39.0 Å². The fourth-order valence-corrected chi connectivity index (χ4v) is 9.71. The molecule has 0 radical (unpaired) electrons. The van der Waals surface area contributed by atoms with Gasteiger partial charge in [0.05, 0.1) is 32.9 Å². The lowest BCUT2D eigenvalue weighted by Crippen LogP contribution is -2.50. The summed E-state index contributed by atoms with van der Waals surface area (Å²) in [6.45, 7) is 7.87. The number of β-amino-alcohol motifs (C(OH)–C–C–N with tert-alkyl or cyclic N) is 1. The van der Waals surface area contributed by atoms with Gasteiger partial charge in [0.2, 0.25) is 6.79 Å². The van der Waals surface area contributed by atoms with Gasteiger partial charge in [-0.3, -0.25) is 14.6 Å². The molecule has 3 aliphatic heterocycles. The number of nitrogens with zero attached hydrogens (tertiary/aromatic N) is 2. The third-order valence-corrected chi connectivity index (χ3v) is 12.1. The van der Waals surface area contributed by atoms with Gasteiger partial charge in [0.1, 0.15) is 18.4 Å². The van der Waals surface area contributed by atoms with Crippen LogP contribution in [0.15, 0.2) is 18.2 Å². The van der Waals surface area contributed by atoms with E-state index in [-0.39, 0.29) is 49.8 Å². The normalized spacial score (nSPS) is 19.8. The van der Waals surface area contributed by atoms with Gasteiger partial charge in [-0.05, 0) is 94.3 Å². The van der Waals surface area contributed by atoms with Gasteiger partial charge < -0.3 is 49.1 Å². The van der Waals surface area contributed by atoms with Crippen molar-refractivity contribution in [3.05, 3.63) is 62.7 Å². The Morgan fingerprint density at radius 2 is 1.75 bits per heavy atom. The van der Waals surface area contributed by atoms with E-state index < -0.39 is 30.1 Å². The summed E-state index contributed by atoms with van der Waals surface area (Å²) >= 11 is 1.66. The summed E-state index contributed by atoms with van der Waals surface area (Å²) in [5.74, 6) is 1.59. The standard InChI is InChI=1S/C42H55N3O11S/c1-22-16-27-10-9-12-45(30(20-57-8)35(43-5)34(27)37(49)38(22)52-7)29(33-23(2)39(56-25(4)47)24(3)40-41(33)55-21-54-40)19-53-42(50)36-28-18-32(51-6)31(48)17-26(28)11-13-44(36)14-15-46/h16-18,29-30,35-36,43,46,48-49H,9-15,19-21H2,1-8H3/t29-,30?,35-,36?/m0/s1. The lowest BCUT2D eigenvalue weighted by atomic mass is 9.85. The van der Waals surface area contributed by atoms with Crippen molar-refractivity contribution in [3.8, 4) is 40.2 Å². The molecular formula is C42H55N3O11S. The number of hydrogen-bond donors (Lipinski definition) is 4. The summed E-state index contributed by atoms with van der Waals surface area (Å²) in [5.41, 5.74) is 5.97. The molecule has 0 aliphatic carbocycles. The minimum atomic E-state index is -0.893. The van der Waals surface area contributed by atoms with E-state index >= 15 is 0 Å². The Morgan fingerprint density at radius 1 is 1.00 bits per heavy atom. The Hall–Kier alpha value is -4.41. The van der Waals surface area contributed by atoms with Crippen LogP contribution < -0.4 is 29.0 Å². The Morgan fingerprint density at radius 3 is 2.42 bits per heavy atom. The summed E-state index contributed by atoms with van der Waals surface area (Å²) in [7, 11) is 4.87. The first-order chi connectivity index (χ1) is 27.4. The highest BCUT2D eigenvalue weighted by molar-refractivity contribution is 7.98. The molecular weight excluding hydrogens is 755 g/mol. The molecule has 3 aromatic carbocycles. The minimum absolute atomic E-state index is 0.0232. The number of rotatable bonds is 13. The third kappa shape index (κ3) is 8.04. The number of nitrogens with one attached hydrogen (secondary N) is 1. The average molecular weight is 810 g/mol. The molecule has 0 saturated carbocycles. The average Bonchev–Trinajstić information content (AvgIpc) is 3.66. The molecule has 3 heterocycles. The number of carbonyl (C=O) groups excluding carboxylic acids is 2. The van der Waals surface area contributed by atoms with Gasteiger partial charge in [-0.25, -0.2) is 4.79 Å². The SMILES string of the molecule is CN[C@@H]1c2c(cc(C)c(OC)c2O)CCCN([C@@H](COC(=O)C2c3cc(OC)c(O)cc3CCN2CCO)c2c(C)c(OC(C)=O)c(C)c3c2OCO3)C1CSC. The predicted molar refractivity (Wildman–Crippen MR) is 215 cm³/mol. The molecule has 0 aromatic heterocycles. The number of carbonyl (C=O) groups is 2. The van der Waals surface area contributed by atoms with Crippen LogP contribution in [0.3, 0.4) is 0 Å². The number of aryl methyl sites for hydroxylation is 2. The van der Waals surface area contributed by atoms with Crippen molar-refractivity contribution >= 4 is 23.7 Å². The summed E-state index contributed by atoms with van der Waals surface area (Å²) in [6, 6.07) is 3.14. The molecule has 310 valence electrons. The molecule has 0 bridgehead atoms. The number of likely N-dealkylation sites (N-methyl/N-ethyl adjacent to an activating group) is 1. The molecule has 4 N–H and O–H groups in total. The van der Waals surface area contributed by atoms with Crippen LogP contribution in [-0.2, 0) is 27.2 Å². The van der Waals surface area contributed by atoms with Crippen LogP contribution in [-0.4, -0.2) is 116 Å². The van der Waals surface area contributed by atoms with Crippen molar-refractivity contribution in [2.45, 2.75) is 71.1 Å². The van der Waals surface area contributed by atoms with E-state index in [2.05, 4.69) is 16.3 Å². The number of aliphatic hydroxyl groups excluding tert-OH is 1. The van der Waals surface area contributed by atoms with Gasteiger partial charge in [0.15, 0.2) is 34.5 Å². The summed E-state index contributed by atoms with van der Waals surface area (Å²) in [6.07, 6.45) is 3.95. The van der Waals surface area contributed by atoms with Crippen molar-refractivity contribution in [2.75, 3.05) is 72.9 Å². The van der Waals surface area contributed by atoms with E-state index in [0.717, 1.165) is 22.3 Å². The van der Waals surface area contributed by atoms with E-state index in [0.29, 0.717) is 83.4 Å². The summed E-state index contributed by atoms with van der Waals surface area (Å²) < 4.78 is 35.7. The second kappa shape index (κ2) is 18.0. The van der Waals surface area contributed by atoms with Gasteiger partial charge in [-0.2, -0.15) is 11.8 Å². The molecule has 3 aliphatic rings. The number of aromatic hydroxyl groups is 2. The Labute approximate surface area is 338 Å². The van der Waals surface area contributed by atoms with Crippen LogP contribution in [0.5, 0.6) is 40.2 Å². The van der Waals surface area contributed by atoms with E-state index in [9.17, 15) is 24.9 Å². The van der Waals surface area contributed by atoms with Crippen molar-refractivity contribution in [1.29, 1.82) is 0 Å². The second-order valence-corrected chi connectivity index (χ2v) is 15.6. The summed E-state index contributed by atoms with van der Waals surface area (Å²) in [5, 5.41) is 36.0. The molecule has 57 heavy (non-hydrogen) atoms. The van der Waals surface area contributed by atoms with Crippen LogP contribution in [0.25, 0.3) is 0 Å². The Bertz CT molecular complexity index is 1990. The molecule has 0 fully saturated rings.